The van der Waals surface area contributed by atoms with E-state index in [0.29, 0.717) is 5.69 Å². The smallest absolute Gasteiger partial charge is 0.330 e. The van der Waals surface area contributed by atoms with Crippen molar-refractivity contribution in [3.05, 3.63) is 44.9 Å². The number of nitrogen functional groups attached to an aromatic ring is 1. The zero-order valence-corrected chi connectivity index (χ0v) is 18.0. The Labute approximate surface area is 178 Å². The summed E-state index contributed by atoms with van der Waals surface area (Å²) in [5.74, 6) is -0.794. The molecule has 1 aromatic heterocycles. The minimum absolute atomic E-state index is 0.0325. The van der Waals surface area contributed by atoms with Gasteiger partial charge in [-0.2, -0.15) is 0 Å². The second-order valence-corrected chi connectivity index (χ2v) is 7.23. The molecule has 0 fully saturated rings. The fourth-order valence-corrected chi connectivity index (χ4v) is 3.01. The van der Waals surface area contributed by atoms with Crippen molar-refractivity contribution < 1.29 is 18.7 Å². The molecule has 0 spiro atoms. The number of methoxy groups -OCH3 is 2. The lowest BCUT2D eigenvalue weighted by Crippen LogP contribution is -2.44. The van der Waals surface area contributed by atoms with Gasteiger partial charge in [0.25, 0.3) is 5.56 Å². The van der Waals surface area contributed by atoms with Crippen LogP contribution in [0.4, 0.5) is 21.6 Å². The quantitative estimate of drug-likeness (QED) is 0.505. The SMILES string of the molecule is COCCN(C(=O)CNc1ccc(F)cc1OC)c1c(N)n(CC(C)C)c(=O)[nH]c1=O. The predicted octanol–water partition coefficient (Wildman–Crippen LogP) is 1.01. The molecule has 0 saturated heterocycles. The lowest BCUT2D eigenvalue weighted by molar-refractivity contribution is -0.117. The average molecular weight is 437 g/mol. The third-order valence-electron chi connectivity index (χ3n) is 4.45. The summed E-state index contributed by atoms with van der Waals surface area (Å²) in [6.07, 6.45) is 0. The van der Waals surface area contributed by atoms with Crippen LogP contribution in [-0.2, 0) is 16.1 Å². The first kappa shape index (κ1) is 23.9. The van der Waals surface area contributed by atoms with Crippen molar-refractivity contribution in [1.82, 2.24) is 9.55 Å². The van der Waals surface area contributed by atoms with Crippen LogP contribution in [0, 0.1) is 11.7 Å². The van der Waals surface area contributed by atoms with Crippen molar-refractivity contribution in [2.75, 3.05) is 49.9 Å². The number of nitrogens with two attached hydrogens (primary N) is 1. The predicted molar refractivity (Wildman–Crippen MR) is 116 cm³/mol. The summed E-state index contributed by atoms with van der Waals surface area (Å²) in [6.45, 7) is 3.98. The van der Waals surface area contributed by atoms with Crippen LogP contribution in [0.5, 0.6) is 5.75 Å². The zero-order valence-electron chi connectivity index (χ0n) is 18.0. The molecule has 11 heteroatoms. The van der Waals surface area contributed by atoms with Crippen LogP contribution < -0.4 is 31.9 Å². The summed E-state index contributed by atoms with van der Waals surface area (Å²) in [4.78, 5) is 41.2. The second kappa shape index (κ2) is 10.6. The van der Waals surface area contributed by atoms with Gasteiger partial charge in [0.2, 0.25) is 5.91 Å². The van der Waals surface area contributed by atoms with E-state index in [0.717, 1.165) is 4.90 Å². The summed E-state index contributed by atoms with van der Waals surface area (Å²) in [7, 11) is 2.84. The van der Waals surface area contributed by atoms with E-state index < -0.39 is 23.0 Å². The van der Waals surface area contributed by atoms with E-state index in [2.05, 4.69) is 10.3 Å². The Balaban J connectivity index is 2.38. The van der Waals surface area contributed by atoms with Crippen LogP contribution in [0.1, 0.15) is 13.8 Å². The van der Waals surface area contributed by atoms with Crippen LogP contribution in [0.2, 0.25) is 0 Å². The van der Waals surface area contributed by atoms with E-state index in [4.69, 9.17) is 15.2 Å². The Morgan fingerprint density at radius 2 is 2.03 bits per heavy atom. The molecule has 1 amide bonds. The number of ether oxygens (including phenoxy) is 2. The number of anilines is 3. The van der Waals surface area contributed by atoms with Crippen LogP contribution in [0.3, 0.4) is 0 Å². The Kier molecular flexibility index (Phi) is 8.20. The number of hydrogen-bond acceptors (Lipinski definition) is 7. The maximum Gasteiger partial charge on any atom is 0.330 e. The van der Waals surface area contributed by atoms with Gasteiger partial charge in [0.1, 0.15) is 17.4 Å². The van der Waals surface area contributed by atoms with E-state index >= 15 is 0 Å². The molecule has 0 saturated carbocycles. The molecule has 0 bridgehead atoms. The summed E-state index contributed by atoms with van der Waals surface area (Å²) < 4.78 is 24.8. The standard InChI is InChI=1S/C20H28FN5O5/c1-12(2)11-26-18(22)17(19(28)24-20(26)29)25(7-8-30-3)16(27)10-23-14-6-5-13(21)9-15(14)31-4/h5-6,9,12,23H,7-8,10-11,22H2,1-4H3,(H,24,28,29). The van der Waals surface area contributed by atoms with Crippen molar-refractivity contribution in [2.24, 2.45) is 5.92 Å². The molecule has 0 aliphatic heterocycles. The molecule has 0 aliphatic rings. The number of aromatic nitrogens is 2. The van der Waals surface area contributed by atoms with Crippen molar-refractivity contribution >= 4 is 23.1 Å². The fourth-order valence-electron chi connectivity index (χ4n) is 3.01. The van der Waals surface area contributed by atoms with Gasteiger partial charge in [-0.25, -0.2) is 9.18 Å². The molecule has 0 atom stereocenters. The molecule has 31 heavy (non-hydrogen) atoms. The fraction of sp³-hybridized carbons (Fsp3) is 0.450. The molecule has 1 heterocycles. The molecule has 10 nitrogen and oxygen atoms in total. The van der Waals surface area contributed by atoms with Crippen LogP contribution in [0.25, 0.3) is 0 Å². The lowest BCUT2D eigenvalue weighted by Gasteiger charge is -2.25. The van der Waals surface area contributed by atoms with Gasteiger partial charge in [-0.15, -0.1) is 0 Å². The topological polar surface area (TPSA) is 132 Å². The highest BCUT2D eigenvalue weighted by atomic mass is 19.1. The maximum absolute atomic E-state index is 13.4. The van der Waals surface area contributed by atoms with E-state index in [1.807, 2.05) is 13.8 Å². The number of hydrogen-bond donors (Lipinski definition) is 3. The third kappa shape index (κ3) is 5.85. The first-order chi connectivity index (χ1) is 14.7. The van der Waals surface area contributed by atoms with Crippen molar-refractivity contribution in [3.63, 3.8) is 0 Å². The van der Waals surface area contributed by atoms with Crippen molar-refractivity contribution in [2.45, 2.75) is 20.4 Å². The number of carbonyl (C=O) groups is 1. The molecule has 0 radical (unpaired) electrons. The normalized spacial score (nSPS) is 10.9. The largest absolute Gasteiger partial charge is 0.494 e. The Bertz CT molecular complexity index is 1030. The number of rotatable bonds is 10. The maximum atomic E-state index is 13.4. The van der Waals surface area contributed by atoms with Gasteiger partial charge >= 0.3 is 5.69 Å². The molecule has 2 aromatic rings. The Hall–Kier alpha value is -3.34. The highest BCUT2D eigenvalue weighted by Crippen LogP contribution is 2.25. The molecule has 2 rings (SSSR count). The average Bonchev–Trinajstić information content (AvgIpc) is 2.71. The first-order valence-electron chi connectivity index (χ1n) is 9.68. The number of H-pyrrole nitrogens is 1. The van der Waals surface area contributed by atoms with E-state index in [9.17, 15) is 18.8 Å². The molecule has 170 valence electrons. The highest BCUT2D eigenvalue weighted by molar-refractivity contribution is 5.98. The van der Waals surface area contributed by atoms with E-state index in [1.165, 1.54) is 37.0 Å². The van der Waals surface area contributed by atoms with E-state index in [1.54, 1.807) is 0 Å². The van der Waals surface area contributed by atoms with Gasteiger partial charge in [0.05, 0.1) is 25.9 Å². The van der Waals surface area contributed by atoms with Crippen LogP contribution >= 0.6 is 0 Å². The third-order valence-corrected chi connectivity index (χ3v) is 4.45. The molecular weight excluding hydrogens is 409 g/mol. The summed E-state index contributed by atoms with van der Waals surface area (Å²) in [5.41, 5.74) is 4.99. The van der Waals surface area contributed by atoms with Gasteiger partial charge in [0.15, 0.2) is 5.69 Å². The van der Waals surface area contributed by atoms with Crippen molar-refractivity contribution in [1.29, 1.82) is 0 Å². The van der Waals surface area contributed by atoms with E-state index in [-0.39, 0.29) is 49.4 Å². The summed E-state index contributed by atoms with van der Waals surface area (Å²) >= 11 is 0. The minimum Gasteiger partial charge on any atom is -0.494 e. The molecule has 4 N–H and O–H groups in total. The number of halogens is 1. The summed E-state index contributed by atoms with van der Waals surface area (Å²) in [5, 5.41) is 2.87. The van der Waals surface area contributed by atoms with Gasteiger partial charge in [-0.05, 0) is 18.1 Å². The molecular formula is C20H28FN5O5. The Morgan fingerprint density at radius 1 is 1.32 bits per heavy atom. The number of nitrogens with zero attached hydrogens (tertiary/aromatic N) is 2. The minimum atomic E-state index is -0.772. The van der Waals surface area contributed by atoms with Crippen LogP contribution in [-0.4, -0.2) is 49.4 Å². The van der Waals surface area contributed by atoms with Gasteiger partial charge < -0.3 is 25.4 Å². The molecule has 0 aliphatic carbocycles. The van der Waals surface area contributed by atoms with Gasteiger partial charge in [-0.3, -0.25) is 19.1 Å². The zero-order chi connectivity index (χ0) is 23.1. The van der Waals surface area contributed by atoms with Gasteiger partial charge in [0, 0.05) is 26.3 Å². The number of carbonyl (C=O) groups excluding carboxylic acids is 1. The van der Waals surface area contributed by atoms with Gasteiger partial charge in [-0.1, -0.05) is 13.8 Å². The number of benzene rings is 1. The lowest BCUT2D eigenvalue weighted by atomic mass is 10.2. The second-order valence-electron chi connectivity index (χ2n) is 7.23. The highest BCUT2D eigenvalue weighted by Gasteiger charge is 2.24. The summed E-state index contributed by atoms with van der Waals surface area (Å²) in [6, 6.07) is 3.84. The molecule has 1 aromatic carbocycles. The number of aromatic amines is 1. The monoisotopic (exact) mass is 437 g/mol. The Morgan fingerprint density at radius 3 is 2.65 bits per heavy atom. The van der Waals surface area contributed by atoms with Crippen molar-refractivity contribution in [3.8, 4) is 5.75 Å². The molecule has 0 unspecified atom stereocenters. The number of amides is 1. The first-order valence-corrected chi connectivity index (χ1v) is 9.68. The number of nitrogens with one attached hydrogen (secondary N) is 2. The van der Waals surface area contributed by atoms with Crippen LogP contribution in [0.15, 0.2) is 27.8 Å².